The first-order chi connectivity index (χ1) is 8.73. The van der Waals surface area contributed by atoms with Crippen molar-refractivity contribution in [2.24, 2.45) is 17.4 Å². The Morgan fingerprint density at radius 2 is 1.53 bits per heavy atom. The van der Waals surface area contributed by atoms with Crippen molar-refractivity contribution in [3.8, 4) is 0 Å². The van der Waals surface area contributed by atoms with Crippen LogP contribution >= 0.6 is 0 Å². The third-order valence-corrected chi connectivity index (χ3v) is 2.21. The molecular formula is C11H20N2O6. The Balaban J connectivity index is 4.01. The van der Waals surface area contributed by atoms with E-state index in [0.29, 0.717) is 6.42 Å². The molecule has 0 fully saturated rings. The number of carboxylic acids is 1. The van der Waals surface area contributed by atoms with E-state index < -0.39 is 30.0 Å². The third kappa shape index (κ3) is 8.11. The van der Waals surface area contributed by atoms with Gasteiger partial charge in [-0.25, -0.2) is 19.4 Å². The molecule has 0 aromatic heterocycles. The summed E-state index contributed by atoms with van der Waals surface area (Å²) in [6.07, 6.45) is 0.00227. The van der Waals surface area contributed by atoms with Gasteiger partial charge < -0.3 is 16.6 Å². The van der Waals surface area contributed by atoms with Gasteiger partial charge >= 0.3 is 17.9 Å². The van der Waals surface area contributed by atoms with Crippen molar-refractivity contribution in [2.45, 2.75) is 45.2 Å². The highest BCUT2D eigenvalue weighted by molar-refractivity contribution is 5.79. The highest BCUT2D eigenvalue weighted by Crippen LogP contribution is 2.05. The van der Waals surface area contributed by atoms with Crippen molar-refractivity contribution in [2.75, 3.05) is 0 Å². The fourth-order valence-electron chi connectivity index (χ4n) is 1.21. The van der Waals surface area contributed by atoms with Gasteiger partial charge in [-0.05, 0) is 18.8 Å². The summed E-state index contributed by atoms with van der Waals surface area (Å²) in [7, 11) is 0. The summed E-state index contributed by atoms with van der Waals surface area (Å²) >= 11 is 0. The van der Waals surface area contributed by atoms with Gasteiger partial charge in [-0.15, -0.1) is 0 Å². The highest BCUT2D eigenvalue weighted by atomic mass is 17.2. The third-order valence-electron chi connectivity index (χ3n) is 2.21. The summed E-state index contributed by atoms with van der Waals surface area (Å²) in [5.41, 5.74) is 10.9. The predicted molar refractivity (Wildman–Crippen MR) is 64.5 cm³/mol. The minimum absolute atomic E-state index is 0.107. The first-order valence-corrected chi connectivity index (χ1v) is 5.89. The lowest BCUT2D eigenvalue weighted by Gasteiger charge is -2.13. The number of aliphatic carboxylic acids is 1. The van der Waals surface area contributed by atoms with E-state index >= 15 is 0 Å². The average Bonchev–Trinajstić information content (AvgIpc) is 2.31. The van der Waals surface area contributed by atoms with E-state index in [1.165, 1.54) is 0 Å². The molecule has 0 saturated heterocycles. The Labute approximate surface area is 111 Å². The van der Waals surface area contributed by atoms with Crippen molar-refractivity contribution in [1.82, 2.24) is 0 Å². The second-order valence-corrected chi connectivity index (χ2v) is 4.58. The molecule has 1 unspecified atom stereocenters. The van der Waals surface area contributed by atoms with Crippen LogP contribution < -0.4 is 11.5 Å². The standard InChI is InChI=1S/C11H20N2O6/c1-6(2)5-8(13)11(17)19-18-10(16)7(12)3-4-9(14)15/h6-8H,3-5,12-13H2,1-2H3,(H,14,15)/t7-,8?/m1/s1. The molecule has 8 heteroatoms. The number of carbonyl (C=O) groups is 3. The Morgan fingerprint density at radius 1 is 1.05 bits per heavy atom. The molecule has 5 N–H and O–H groups in total. The van der Waals surface area contributed by atoms with Crippen LogP contribution in [-0.2, 0) is 24.2 Å². The molecule has 0 aromatic carbocycles. The topological polar surface area (TPSA) is 142 Å². The molecule has 0 radical (unpaired) electrons. The minimum Gasteiger partial charge on any atom is -0.481 e. The predicted octanol–water partition coefficient (Wildman–Crippen LogP) is -0.447. The summed E-state index contributed by atoms with van der Waals surface area (Å²) in [6, 6.07) is -2.05. The smallest absolute Gasteiger partial charge is 0.372 e. The van der Waals surface area contributed by atoms with E-state index in [1.807, 2.05) is 13.8 Å². The molecule has 19 heavy (non-hydrogen) atoms. The molecule has 0 bridgehead atoms. The van der Waals surface area contributed by atoms with E-state index in [1.54, 1.807) is 0 Å². The van der Waals surface area contributed by atoms with Crippen LogP contribution in [0.3, 0.4) is 0 Å². The van der Waals surface area contributed by atoms with Crippen LogP contribution in [0.2, 0.25) is 0 Å². The summed E-state index contributed by atoms with van der Waals surface area (Å²) in [6.45, 7) is 3.75. The number of rotatable bonds is 7. The lowest BCUT2D eigenvalue weighted by Crippen LogP contribution is -2.37. The summed E-state index contributed by atoms with van der Waals surface area (Å²) in [4.78, 5) is 41.3. The molecule has 110 valence electrons. The zero-order chi connectivity index (χ0) is 15.0. The maximum Gasteiger partial charge on any atom is 0.372 e. The van der Waals surface area contributed by atoms with Crippen LogP contribution in [0.25, 0.3) is 0 Å². The van der Waals surface area contributed by atoms with Crippen LogP contribution in [-0.4, -0.2) is 35.1 Å². The van der Waals surface area contributed by atoms with E-state index in [0.717, 1.165) is 0 Å². The van der Waals surface area contributed by atoms with Crippen molar-refractivity contribution in [1.29, 1.82) is 0 Å². The van der Waals surface area contributed by atoms with Crippen LogP contribution in [0.15, 0.2) is 0 Å². The zero-order valence-electron chi connectivity index (χ0n) is 11.0. The molecule has 0 aliphatic heterocycles. The van der Waals surface area contributed by atoms with Gasteiger partial charge in [-0.2, -0.15) is 0 Å². The van der Waals surface area contributed by atoms with Gasteiger partial charge in [0.05, 0.1) is 0 Å². The first kappa shape index (κ1) is 17.3. The average molecular weight is 276 g/mol. The second kappa shape index (κ2) is 8.44. The fourth-order valence-corrected chi connectivity index (χ4v) is 1.21. The molecule has 2 atom stereocenters. The quantitative estimate of drug-likeness (QED) is 0.419. The Morgan fingerprint density at radius 3 is 1.95 bits per heavy atom. The summed E-state index contributed by atoms with van der Waals surface area (Å²) < 4.78 is 0. The Hall–Kier alpha value is -1.67. The van der Waals surface area contributed by atoms with E-state index in [4.69, 9.17) is 16.6 Å². The summed E-state index contributed by atoms with van der Waals surface area (Å²) in [5.74, 6) is -2.77. The van der Waals surface area contributed by atoms with E-state index in [9.17, 15) is 14.4 Å². The second-order valence-electron chi connectivity index (χ2n) is 4.58. The maximum atomic E-state index is 11.3. The van der Waals surface area contributed by atoms with Crippen molar-refractivity contribution >= 4 is 17.9 Å². The molecule has 0 rings (SSSR count). The van der Waals surface area contributed by atoms with Crippen LogP contribution in [0.1, 0.15) is 33.1 Å². The molecule has 0 heterocycles. The van der Waals surface area contributed by atoms with Gasteiger partial charge in [0.25, 0.3) is 0 Å². The molecule has 8 nitrogen and oxygen atoms in total. The summed E-state index contributed by atoms with van der Waals surface area (Å²) in [5, 5.41) is 8.41. The molecule has 0 amide bonds. The number of nitrogens with two attached hydrogens (primary N) is 2. The van der Waals surface area contributed by atoms with Gasteiger partial charge in [-0.3, -0.25) is 4.79 Å². The Bertz CT molecular complexity index is 331. The number of carboxylic acid groups (broad SMARTS) is 1. The molecular weight excluding hydrogens is 256 g/mol. The van der Waals surface area contributed by atoms with E-state index in [2.05, 4.69) is 9.78 Å². The molecule has 0 aliphatic carbocycles. The van der Waals surface area contributed by atoms with Gasteiger partial charge in [-0.1, -0.05) is 13.8 Å². The normalized spacial score (nSPS) is 13.7. The van der Waals surface area contributed by atoms with Crippen molar-refractivity contribution in [3.05, 3.63) is 0 Å². The molecule has 0 spiro atoms. The van der Waals surface area contributed by atoms with Gasteiger partial charge in [0, 0.05) is 6.42 Å². The first-order valence-electron chi connectivity index (χ1n) is 5.89. The SMILES string of the molecule is CC(C)CC(N)C(=O)OOC(=O)[C@H](N)CCC(=O)O. The zero-order valence-corrected chi connectivity index (χ0v) is 11.0. The number of hydrogen-bond donors (Lipinski definition) is 3. The maximum absolute atomic E-state index is 11.3. The fraction of sp³-hybridized carbons (Fsp3) is 0.727. The number of carbonyl (C=O) groups excluding carboxylic acids is 2. The molecule has 0 aliphatic rings. The lowest BCUT2D eigenvalue weighted by atomic mass is 10.1. The van der Waals surface area contributed by atoms with Crippen molar-refractivity contribution < 1.29 is 29.3 Å². The monoisotopic (exact) mass is 276 g/mol. The van der Waals surface area contributed by atoms with Crippen LogP contribution in [0.5, 0.6) is 0 Å². The van der Waals surface area contributed by atoms with Gasteiger partial charge in [0.2, 0.25) is 0 Å². The van der Waals surface area contributed by atoms with Crippen molar-refractivity contribution in [3.63, 3.8) is 0 Å². The number of hydrogen-bond acceptors (Lipinski definition) is 7. The molecule has 0 saturated carbocycles. The largest absolute Gasteiger partial charge is 0.481 e. The van der Waals surface area contributed by atoms with Gasteiger partial charge in [0.1, 0.15) is 12.1 Å². The highest BCUT2D eigenvalue weighted by Gasteiger charge is 2.22. The Kier molecular flexibility index (Phi) is 7.69. The lowest BCUT2D eigenvalue weighted by molar-refractivity contribution is -0.261. The van der Waals surface area contributed by atoms with E-state index in [-0.39, 0.29) is 18.8 Å². The minimum atomic E-state index is -1.16. The van der Waals surface area contributed by atoms with Gasteiger partial charge in [0.15, 0.2) is 0 Å². The molecule has 0 aromatic rings. The van der Waals surface area contributed by atoms with Crippen LogP contribution in [0.4, 0.5) is 0 Å². The van der Waals surface area contributed by atoms with Crippen LogP contribution in [0, 0.1) is 5.92 Å².